The second-order valence-corrected chi connectivity index (χ2v) is 8.57. The minimum absolute atomic E-state index is 0.0185. The smallest absolute Gasteiger partial charge is 0.268 e. The van der Waals surface area contributed by atoms with Crippen molar-refractivity contribution in [2.75, 3.05) is 13.2 Å². The second kappa shape index (κ2) is 8.74. The summed E-state index contributed by atoms with van der Waals surface area (Å²) in [5, 5.41) is 3.46. The summed E-state index contributed by atoms with van der Waals surface area (Å²) in [5.41, 5.74) is 2.65. The van der Waals surface area contributed by atoms with E-state index in [-0.39, 0.29) is 30.5 Å². The number of benzene rings is 1. The van der Waals surface area contributed by atoms with Crippen molar-refractivity contribution in [2.24, 2.45) is 4.99 Å². The van der Waals surface area contributed by atoms with Gasteiger partial charge in [-0.3, -0.25) is 19.6 Å². The number of pyridine rings is 1. The van der Waals surface area contributed by atoms with Gasteiger partial charge in [0.05, 0.1) is 17.7 Å². The summed E-state index contributed by atoms with van der Waals surface area (Å²) in [5.74, 6) is -0.316. The highest BCUT2D eigenvalue weighted by Gasteiger charge is 2.46. The van der Waals surface area contributed by atoms with E-state index in [2.05, 4.69) is 20.8 Å². The first-order valence-corrected chi connectivity index (χ1v) is 10.4. The molecule has 0 radical (unpaired) electrons. The third kappa shape index (κ3) is 4.41. The zero-order valence-corrected chi connectivity index (χ0v) is 18.2. The predicted molar refractivity (Wildman–Crippen MR) is 117 cm³/mol. The van der Waals surface area contributed by atoms with Crippen molar-refractivity contribution in [1.82, 2.24) is 15.8 Å². The molecular weight excluding hydrogens is 469 g/mol. The zero-order valence-electron chi connectivity index (χ0n) is 15.9. The van der Waals surface area contributed by atoms with Gasteiger partial charge < -0.3 is 5.32 Å². The van der Waals surface area contributed by atoms with E-state index in [9.17, 15) is 13.6 Å². The van der Waals surface area contributed by atoms with Crippen molar-refractivity contribution >= 4 is 52.0 Å². The molecular formula is C20H16Cl2F2N4O2S. The van der Waals surface area contributed by atoms with E-state index in [1.54, 1.807) is 12.1 Å². The lowest BCUT2D eigenvalue weighted by molar-refractivity contribution is -0.124. The fourth-order valence-corrected chi connectivity index (χ4v) is 4.32. The van der Waals surface area contributed by atoms with Crippen molar-refractivity contribution in [2.45, 2.75) is 24.3 Å². The summed E-state index contributed by atoms with van der Waals surface area (Å²) in [7, 11) is 0. The minimum atomic E-state index is -2.66. The highest BCUT2D eigenvalue weighted by atomic mass is 35.5. The molecule has 2 unspecified atom stereocenters. The van der Waals surface area contributed by atoms with E-state index in [1.807, 2.05) is 0 Å². The lowest BCUT2D eigenvalue weighted by atomic mass is 9.78. The number of carbonyl (C=O) groups is 1. The molecule has 2 aliphatic rings. The van der Waals surface area contributed by atoms with E-state index in [0.29, 0.717) is 32.6 Å². The van der Waals surface area contributed by atoms with Crippen LogP contribution >= 0.6 is 35.4 Å². The third-order valence-corrected chi connectivity index (χ3v) is 6.03. The normalized spacial score (nSPS) is 23.1. The molecule has 1 amide bonds. The van der Waals surface area contributed by atoms with Crippen LogP contribution in [0.25, 0.3) is 0 Å². The standard InChI is InChI=1S/C20H16Cl2F2N4O2S/c21-12-3-11(4-13(22)5-12)20(19(23)24)6-15(26-9-20)10-1-2-14(25-7-10)18(31)27-16-8-30-28-17(16)29/h1-5,7,16,19H,6,8-9H2,(H,27,31)(H,28,29). The molecule has 2 N–H and O–H groups in total. The third-order valence-electron chi connectivity index (χ3n) is 5.26. The van der Waals surface area contributed by atoms with Gasteiger partial charge in [0.15, 0.2) is 0 Å². The summed E-state index contributed by atoms with van der Waals surface area (Å²) in [6.45, 7) is 0.0618. The minimum Gasteiger partial charge on any atom is -0.361 e. The van der Waals surface area contributed by atoms with E-state index >= 15 is 0 Å². The Labute approximate surface area is 192 Å². The molecule has 2 atom stereocenters. The number of hydrogen-bond donors (Lipinski definition) is 2. The molecule has 0 aliphatic carbocycles. The van der Waals surface area contributed by atoms with Gasteiger partial charge in [-0.15, -0.1) is 0 Å². The Bertz CT molecular complexity index is 1050. The SMILES string of the molecule is O=C1NOCC1NC(=S)c1ccc(C2=NCC(c3cc(Cl)cc(Cl)c3)(C(F)F)C2)cn1. The van der Waals surface area contributed by atoms with Crippen LogP contribution in [0.2, 0.25) is 10.0 Å². The maximum absolute atomic E-state index is 14.2. The Morgan fingerprint density at radius 1 is 1.29 bits per heavy atom. The van der Waals surface area contributed by atoms with Crippen LogP contribution in [0.3, 0.4) is 0 Å². The molecule has 2 aliphatic heterocycles. The van der Waals surface area contributed by atoms with E-state index in [4.69, 9.17) is 40.3 Å². The number of nitrogens with zero attached hydrogens (tertiary/aromatic N) is 2. The van der Waals surface area contributed by atoms with Gasteiger partial charge in [-0.05, 0) is 35.9 Å². The molecule has 2 aromatic rings. The van der Waals surface area contributed by atoms with Crippen LogP contribution in [0, 0.1) is 0 Å². The van der Waals surface area contributed by atoms with E-state index < -0.39 is 17.9 Å². The van der Waals surface area contributed by atoms with Crippen molar-refractivity contribution in [1.29, 1.82) is 0 Å². The maximum atomic E-state index is 14.2. The molecule has 4 rings (SSSR count). The fourth-order valence-electron chi connectivity index (χ4n) is 3.53. The number of nitrogens with one attached hydrogen (secondary N) is 2. The molecule has 0 spiro atoms. The Kier molecular flexibility index (Phi) is 6.20. The van der Waals surface area contributed by atoms with Crippen LogP contribution in [0.5, 0.6) is 0 Å². The second-order valence-electron chi connectivity index (χ2n) is 7.29. The van der Waals surface area contributed by atoms with Gasteiger partial charge in [0.1, 0.15) is 17.6 Å². The van der Waals surface area contributed by atoms with Gasteiger partial charge in [-0.1, -0.05) is 35.4 Å². The number of rotatable bonds is 5. The highest BCUT2D eigenvalue weighted by molar-refractivity contribution is 7.80. The monoisotopic (exact) mass is 484 g/mol. The predicted octanol–water partition coefficient (Wildman–Crippen LogP) is 3.48. The Morgan fingerprint density at radius 2 is 2.03 bits per heavy atom. The number of aliphatic imine (C=N–C) groups is 1. The average molecular weight is 485 g/mol. The summed E-state index contributed by atoms with van der Waals surface area (Å²) in [6.07, 6.45) is -1.11. The topological polar surface area (TPSA) is 75.6 Å². The Balaban J connectivity index is 1.51. The van der Waals surface area contributed by atoms with Gasteiger partial charge in [0.25, 0.3) is 5.91 Å². The summed E-state index contributed by atoms with van der Waals surface area (Å²) >= 11 is 17.4. The molecule has 0 bridgehead atoms. The molecule has 162 valence electrons. The number of thiocarbonyl (C=S) groups is 1. The van der Waals surface area contributed by atoms with Gasteiger partial charge in [-0.2, -0.15) is 0 Å². The van der Waals surface area contributed by atoms with Crippen molar-refractivity contribution in [3.63, 3.8) is 0 Å². The van der Waals surface area contributed by atoms with Crippen molar-refractivity contribution in [3.8, 4) is 0 Å². The molecule has 3 heterocycles. The molecule has 1 saturated heterocycles. The lowest BCUT2D eigenvalue weighted by Crippen LogP contribution is -2.41. The number of hydroxylamine groups is 1. The van der Waals surface area contributed by atoms with Crippen LogP contribution in [-0.2, 0) is 15.0 Å². The molecule has 1 fully saturated rings. The van der Waals surface area contributed by atoms with Crippen molar-refractivity contribution < 1.29 is 18.4 Å². The van der Waals surface area contributed by atoms with Crippen LogP contribution in [0.1, 0.15) is 23.2 Å². The molecule has 0 saturated carbocycles. The van der Waals surface area contributed by atoms with Crippen LogP contribution in [0.15, 0.2) is 41.5 Å². The molecule has 11 heteroatoms. The number of aromatic nitrogens is 1. The number of hydrogen-bond acceptors (Lipinski definition) is 5. The van der Waals surface area contributed by atoms with Gasteiger partial charge in [-0.25, -0.2) is 14.3 Å². The van der Waals surface area contributed by atoms with Crippen molar-refractivity contribution in [3.05, 3.63) is 63.4 Å². The molecule has 6 nitrogen and oxygen atoms in total. The molecule has 31 heavy (non-hydrogen) atoms. The van der Waals surface area contributed by atoms with Gasteiger partial charge in [0.2, 0.25) is 6.43 Å². The van der Waals surface area contributed by atoms with Gasteiger partial charge in [0, 0.05) is 33.9 Å². The summed E-state index contributed by atoms with van der Waals surface area (Å²) in [4.78, 5) is 25.4. The molecule has 1 aromatic carbocycles. The van der Waals surface area contributed by atoms with Crippen LogP contribution < -0.4 is 10.8 Å². The first kappa shape index (κ1) is 22.0. The first-order chi connectivity index (χ1) is 14.8. The number of halogens is 4. The van der Waals surface area contributed by atoms with Crippen LogP contribution in [0.4, 0.5) is 8.78 Å². The number of amides is 1. The summed E-state index contributed by atoms with van der Waals surface area (Å²) in [6, 6.07) is 7.29. The van der Waals surface area contributed by atoms with E-state index in [0.717, 1.165) is 0 Å². The Hall–Kier alpha value is -2.20. The first-order valence-electron chi connectivity index (χ1n) is 9.25. The fraction of sp³-hybridized carbons (Fsp3) is 0.300. The zero-order chi connectivity index (χ0) is 22.2. The maximum Gasteiger partial charge on any atom is 0.268 e. The Morgan fingerprint density at radius 3 is 2.61 bits per heavy atom. The number of carbonyl (C=O) groups excluding carboxylic acids is 1. The lowest BCUT2D eigenvalue weighted by Gasteiger charge is -2.28. The highest BCUT2D eigenvalue weighted by Crippen LogP contribution is 2.42. The average Bonchev–Trinajstić information content (AvgIpc) is 3.35. The quantitative estimate of drug-likeness (QED) is 0.635. The molecule has 1 aromatic heterocycles. The van der Waals surface area contributed by atoms with Crippen LogP contribution in [-0.4, -0.2) is 47.2 Å². The van der Waals surface area contributed by atoms with Gasteiger partial charge >= 0.3 is 0 Å². The largest absolute Gasteiger partial charge is 0.361 e. The van der Waals surface area contributed by atoms with E-state index in [1.165, 1.54) is 24.4 Å². The summed E-state index contributed by atoms with van der Waals surface area (Å²) < 4.78 is 28.4. The number of alkyl halides is 2.